The number of halogens is 1. The number of benzene rings is 1. The summed E-state index contributed by atoms with van der Waals surface area (Å²) >= 11 is 3.30. The predicted octanol–water partition coefficient (Wildman–Crippen LogP) is 1.33. The van der Waals surface area contributed by atoms with E-state index >= 15 is 0 Å². The number of carbonyl (C=O) groups excluding carboxylic acids is 3. The van der Waals surface area contributed by atoms with Crippen LogP contribution >= 0.6 is 15.9 Å². The van der Waals surface area contributed by atoms with E-state index in [1.54, 1.807) is 31.2 Å². The van der Waals surface area contributed by atoms with Crippen molar-refractivity contribution >= 4 is 33.7 Å². The number of hydrogen-bond acceptors (Lipinski definition) is 3. The van der Waals surface area contributed by atoms with Gasteiger partial charge in [0.15, 0.2) is 0 Å². The summed E-state index contributed by atoms with van der Waals surface area (Å²) in [6, 6.07) is 6.20. The monoisotopic (exact) mass is 324 g/mol. The summed E-state index contributed by atoms with van der Waals surface area (Å²) in [5.74, 6) is -0.987. The largest absolute Gasteiger partial charge is 0.326 e. The van der Waals surface area contributed by atoms with Crippen LogP contribution in [-0.4, -0.2) is 35.2 Å². The van der Waals surface area contributed by atoms with Crippen molar-refractivity contribution in [2.24, 2.45) is 0 Å². The molecule has 6 heteroatoms. The number of carbonyl (C=O) groups is 3. The van der Waals surface area contributed by atoms with E-state index in [4.69, 9.17) is 0 Å². The number of amides is 3. The van der Waals surface area contributed by atoms with Crippen LogP contribution in [0.15, 0.2) is 28.7 Å². The van der Waals surface area contributed by atoms with Gasteiger partial charge in [-0.05, 0) is 31.2 Å². The molecule has 1 N–H and O–H groups in total. The molecule has 0 bridgehead atoms. The average molecular weight is 325 g/mol. The SMILES string of the molecule is CCN(C(=O)c1ccc(Br)cc1)[C@H]1CC(=O)NC1=O. The van der Waals surface area contributed by atoms with Gasteiger partial charge in [0.05, 0.1) is 6.42 Å². The van der Waals surface area contributed by atoms with Gasteiger partial charge in [-0.2, -0.15) is 0 Å². The second-order valence-electron chi connectivity index (χ2n) is 4.23. The van der Waals surface area contributed by atoms with Crippen LogP contribution in [-0.2, 0) is 9.59 Å². The minimum Gasteiger partial charge on any atom is -0.326 e. The van der Waals surface area contributed by atoms with Gasteiger partial charge in [-0.25, -0.2) is 0 Å². The third-order valence-corrected chi connectivity index (χ3v) is 3.54. The number of imide groups is 1. The molecule has 0 spiro atoms. The highest BCUT2D eigenvalue weighted by atomic mass is 79.9. The lowest BCUT2D eigenvalue weighted by atomic mass is 10.1. The van der Waals surface area contributed by atoms with Gasteiger partial charge in [-0.3, -0.25) is 19.7 Å². The summed E-state index contributed by atoms with van der Waals surface area (Å²) in [7, 11) is 0. The van der Waals surface area contributed by atoms with Gasteiger partial charge in [0.2, 0.25) is 11.8 Å². The molecule has 1 saturated heterocycles. The molecule has 0 unspecified atom stereocenters. The molecule has 100 valence electrons. The zero-order valence-corrected chi connectivity index (χ0v) is 11.9. The Balaban J connectivity index is 2.22. The third kappa shape index (κ3) is 2.84. The van der Waals surface area contributed by atoms with Crippen LogP contribution in [0.25, 0.3) is 0 Å². The molecule has 3 amide bonds. The number of hydrogen-bond donors (Lipinski definition) is 1. The summed E-state index contributed by atoms with van der Waals surface area (Å²) in [4.78, 5) is 36.6. The first-order chi connectivity index (χ1) is 9.02. The Kier molecular flexibility index (Phi) is 3.99. The topological polar surface area (TPSA) is 66.5 Å². The molecule has 2 rings (SSSR count). The Hall–Kier alpha value is -1.69. The maximum Gasteiger partial charge on any atom is 0.254 e. The van der Waals surface area contributed by atoms with Crippen molar-refractivity contribution in [1.82, 2.24) is 10.2 Å². The van der Waals surface area contributed by atoms with E-state index < -0.39 is 11.9 Å². The van der Waals surface area contributed by atoms with Crippen LogP contribution in [0.1, 0.15) is 23.7 Å². The molecule has 0 aliphatic carbocycles. The first kappa shape index (κ1) is 13.7. The van der Waals surface area contributed by atoms with E-state index in [1.807, 2.05) is 0 Å². The molecule has 1 aliphatic rings. The lowest BCUT2D eigenvalue weighted by Crippen LogP contribution is -2.44. The van der Waals surface area contributed by atoms with Crippen molar-refractivity contribution in [2.45, 2.75) is 19.4 Å². The first-order valence-corrected chi connectivity index (χ1v) is 6.72. The van der Waals surface area contributed by atoms with E-state index in [1.165, 1.54) is 4.90 Å². The first-order valence-electron chi connectivity index (χ1n) is 5.93. The zero-order valence-electron chi connectivity index (χ0n) is 10.4. The molecule has 19 heavy (non-hydrogen) atoms. The smallest absolute Gasteiger partial charge is 0.254 e. The van der Waals surface area contributed by atoms with Crippen molar-refractivity contribution in [3.05, 3.63) is 34.3 Å². The summed E-state index contributed by atoms with van der Waals surface area (Å²) in [5, 5.41) is 2.22. The predicted molar refractivity (Wildman–Crippen MR) is 72.4 cm³/mol. The Morgan fingerprint density at radius 1 is 1.37 bits per heavy atom. The number of nitrogens with one attached hydrogen (secondary N) is 1. The van der Waals surface area contributed by atoms with Crippen molar-refractivity contribution in [3.63, 3.8) is 0 Å². The quantitative estimate of drug-likeness (QED) is 0.853. The number of rotatable bonds is 3. The van der Waals surface area contributed by atoms with Crippen LogP contribution in [0.5, 0.6) is 0 Å². The molecule has 0 saturated carbocycles. The molecule has 1 aliphatic heterocycles. The fourth-order valence-corrected chi connectivity index (χ4v) is 2.32. The van der Waals surface area contributed by atoms with Crippen LogP contribution in [0.4, 0.5) is 0 Å². The summed E-state index contributed by atoms with van der Waals surface area (Å²) in [5.41, 5.74) is 0.497. The van der Waals surface area contributed by atoms with E-state index in [-0.39, 0.29) is 18.2 Å². The van der Waals surface area contributed by atoms with Crippen molar-refractivity contribution in [3.8, 4) is 0 Å². The molecule has 1 heterocycles. The van der Waals surface area contributed by atoms with Crippen molar-refractivity contribution < 1.29 is 14.4 Å². The van der Waals surface area contributed by atoms with Gasteiger partial charge in [0.1, 0.15) is 6.04 Å². The van der Waals surface area contributed by atoms with Crippen LogP contribution in [0.3, 0.4) is 0 Å². The van der Waals surface area contributed by atoms with Gasteiger partial charge in [-0.1, -0.05) is 15.9 Å². The maximum atomic E-state index is 12.3. The molecule has 1 aromatic carbocycles. The highest BCUT2D eigenvalue weighted by Crippen LogP contribution is 2.17. The Bertz CT molecular complexity index is 527. The normalized spacial score (nSPS) is 18.3. The average Bonchev–Trinajstić information content (AvgIpc) is 2.70. The van der Waals surface area contributed by atoms with Gasteiger partial charge >= 0.3 is 0 Å². The van der Waals surface area contributed by atoms with Gasteiger partial charge < -0.3 is 4.90 Å². The van der Waals surface area contributed by atoms with Crippen LogP contribution in [0, 0.1) is 0 Å². The van der Waals surface area contributed by atoms with Gasteiger partial charge in [0.25, 0.3) is 5.91 Å². The maximum absolute atomic E-state index is 12.3. The molecule has 0 radical (unpaired) electrons. The Morgan fingerprint density at radius 2 is 2.00 bits per heavy atom. The molecule has 1 fully saturated rings. The molecular weight excluding hydrogens is 312 g/mol. The van der Waals surface area contributed by atoms with E-state index in [0.717, 1.165) is 4.47 Å². The minimum absolute atomic E-state index is 0.0366. The van der Waals surface area contributed by atoms with Gasteiger partial charge in [0, 0.05) is 16.6 Å². The second kappa shape index (κ2) is 5.52. The van der Waals surface area contributed by atoms with Crippen molar-refractivity contribution in [1.29, 1.82) is 0 Å². The Morgan fingerprint density at radius 3 is 2.47 bits per heavy atom. The highest BCUT2D eigenvalue weighted by Gasteiger charge is 2.37. The standard InChI is InChI=1S/C13H13BrN2O3/c1-2-16(10-7-11(17)15-12(10)18)13(19)8-3-5-9(14)6-4-8/h3-6,10H,2,7H2,1H3,(H,15,17,18)/t10-/m0/s1. The summed E-state index contributed by atoms with van der Waals surface area (Å²) < 4.78 is 0.876. The minimum atomic E-state index is -0.700. The molecule has 0 aromatic heterocycles. The lowest BCUT2D eigenvalue weighted by molar-refractivity contribution is -0.126. The molecule has 1 atom stereocenters. The van der Waals surface area contributed by atoms with E-state index in [0.29, 0.717) is 12.1 Å². The number of nitrogens with zero attached hydrogens (tertiary/aromatic N) is 1. The van der Waals surface area contributed by atoms with Crippen LogP contribution in [0.2, 0.25) is 0 Å². The molecule has 1 aromatic rings. The van der Waals surface area contributed by atoms with Crippen LogP contribution < -0.4 is 5.32 Å². The van der Waals surface area contributed by atoms with E-state index in [2.05, 4.69) is 21.2 Å². The fourth-order valence-electron chi connectivity index (χ4n) is 2.06. The number of likely N-dealkylation sites (N-methyl/N-ethyl adjacent to an activating group) is 1. The molecular formula is C13H13BrN2O3. The zero-order chi connectivity index (χ0) is 14.0. The summed E-state index contributed by atoms with van der Waals surface area (Å²) in [6.45, 7) is 2.16. The fraction of sp³-hybridized carbons (Fsp3) is 0.308. The molecule has 5 nitrogen and oxygen atoms in total. The Labute approximate surface area is 119 Å². The van der Waals surface area contributed by atoms with E-state index in [9.17, 15) is 14.4 Å². The summed E-state index contributed by atoms with van der Waals surface area (Å²) in [6.07, 6.45) is 0.0366. The highest BCUT2D eigenvalue weighted by molar-refractivity contribution is 9.10. The third-order valence-electron chi connectivity index (χ3n) is 3.01. The second-order valence-corrected chi connectivity index (χ2v) is 5.15. The lowest BCUT2D eigenvalue weighted by Gasteiger charge is -2.25. The van der Waals surface area contributed by atoms with Crippen molar-refractivity contribution in [2.75, 3.05) is 6.54 Å². The van der Waals surface area contributed by atoms with Gasteiger partial charge in [-0.15, -0.1) is 0 Å².